The number of methoxy groups -OCH3 is 1. The summed E-state index contributed by atoms with van der Waals surface area (Å²) in [6.07, 6.45) is 1.07. The lowest BCUT2D eigenvalue weighted by atomic mass is 9.99. The number of benzene rings is 2. The number of rotatable bonds is 7. The van der Waals surface area contributed by atoms with Crippen LogP contribution < -0.4 is 14.8 Å². The molecule has 0 aliphatic carbocycles. The zero-order valence-corrected chi connectivity index (χ0v) is 16.8. The quantitative estimate of drug-likeness (QED) is 0.623. The lowest BCUT2D eigenvalue weighted by molar-refractivity contribution is -0.118. The summed E-state index contributed by atoms with van der Waals surface area (Å²) in [5, 5.41) is 3.18. The molecule has 1 unspecified atom stereocenters. The Bertz CT molecular complexity index is 751. The van der Waals surface area contributed by atoms with Crippen LogP contribution in [0.5, 0.6) is 11.5 Å². The van der Waals surface area contributed by atoms with Gasteiger partial charge in [-0.2, -0.15) is 0 Å². The first kappa shape index (κ1) is 19.6. The Morgan fingerprint density at radius 2 is 1.96 bits per heavy atom. The highest BCUT2D eigenvalue weighted by Crippen LogP contribution is 2.30. The van der Waals surface area contributed by atoms with E-state index < -0.39 is 0 Å². The Morgan fingerprint density at radius 3 is 2.56 bits per heavy atom. The van der Waals surface area contributed by atoms with Crippen LogP contribution in [0, 0.1) is 0 Å². The predicted molar refractivity (Wildman–Crippen MR) is 105 cm³/mol. The largest absolute Gasteiger partial charge is 0.495 e. The van der Waals surface area contributed by atoms with E-state index in [4.69, 9.17) is 21.1 Å². The average molecular weight is 427 g/mol. The van der Waals surface area contributed by atoms with E-state index in [0.29, 0.717) is 28.1 Å². The highest BCUT2D eigenvalue weighted by molar-refractivity contribution is 9.10. The molecule has 6 heteroatoms. The molecule has 0 saturated heterocycles. The van der Waals surface area contributed by atoms with Crippen LogP contribution in [0.1, 0.15) is 31.7 Å². The van der Waals surface area contributed by atoms with Crippen LogP contribution in [0.2, 0.25) is 5.02 Å². The molecule has 0 bridgehead atoms. The molecule has 134 valence electrons. The van der Waals surface area contributed by atoms with Crippen molar-refractivity contribution in [1.82, 2.24) is 0 Å². The zero-order valence-electron chi connectivity index (χ0n) is 14.4. The second-order valence-corrected chi connectivity index (χ2v) is 6.95. The number of hydrogen-bond acceptors (Lipinski definition) is 3. The molecule has 0 aliphatic rings. The third-order valence-corrected chi connectivity index (χ3v) is 4.85. The number of carbonyl (C=O) groups excluding carboxylic acids is 1. The fourth-order valence-corrected chi connectivity index (χ4v) is 3.03. The van der Waals surface area contributed by atoms with Gasteiger partial charge in [-0.25, -0.2) is 0 Å². The first-order valence-electron chi connectivity index (χ1n) is 8.00. The summed E-state index contributed by atoms with van der Waals surface area (Å²) < 4.78 is 11.5. The molecule has 4 nitrogen and oxygen atoms in total. The molecule has 0 saturated carbocycles. The minimum absolute atomic E-state index is 0.0923. The normalized spacial score (nSPS) is 11.7. The topological polar surface area (TPSA) is 47.6 Å². The third-order valence-electron chi connectivity index (χ3n) is 3.93. The summed E-state index contributed by atoms with van der Waals surface area (Å²) in [6.45, 7) is 4.24. The number of nitrogens with one attached hydrogen (secondary N) is 1. The fraction of sp³-hybridized carbons (Fsp3) is 0.316. The molecular weight excluding hydrogens is 406 g/mol. The Kier molecular flexibility index (Phi) is 7.14. The van der Waals surface area contributed by atoms with Gasteiger partial charge < -0.3 is 14.8 Å². The van der Waals surface area contributed by atoms with Crippen molar-refractivity contribution in [2.24, 2.45) is 0 Å². The van der Waals surface area contributed by atoms with Gasteiger partial charge in [0, 0.05) is 5.69 Å². The van der Waals surface area contributed by atoms with Crippen LogP contribution in [-0.4, -0.2) is 19.6 Å². The number of amides is 1. The lowest BCUT2D eigenvalue weighted by Crippen LogP contribution is -2.20. The lowest BCUT2D eigenvalue weighted by Gasteiger charge is -2.13. The van der Waals surface area contributed by atoms with Gasteiger partial charge in [0.2, 0.25) is 0 Å². The van der Waals surface area contributed by atoms with Crippen LogP contribution in [0.4, 0.5) is 5.69 Å². The monoisotopic (exact) mass is 425 g/mol. The van der Waals surface area contributed by atoms with Crippen LogP contribution in [-0.2, 0) is 4.79 Å². The molecule has 0 fully saturated rings. The van der Waals surface area contributed by atoms with E-state index in [1.165, 1.54) is 12.7 Å². The molecule has 2 aromatic rings. The van der Waals surface area contributed by atoms with E-state index in [1.807, 2.05) is 18.2 Å². The van der Waals surface area contributed by atoms with E-state index >= 15 is 0 Å². The molecule has 0 spiro atoms. The number of carbonyl (C=O) groups is 1. The predicted octanol–water partition coefficient (Wildman–Crippen LogP) is 5.64. The maximum Gasteiger partial charge on any atom is 0.262 e. The summed E-state index contributed by atoms with van der Waals surface area (Å²) in [7, 11) is 1.54. The molecule has 0 heterocycles. The van der Waals surface area contributed by atoms with Crippen molar-refractivity contribution in [2.45, 2.75) is 26.2 Å². The van der Waals surface area contributed by atoms with E-state index in [1.54, 1.807) is 18.2 Å². The van der Waals surface area contributed by atoms with Crippen molar-refractivity contribution in [2.75, 3.05) is 19.0 Å². The Labute approximate surface area is 161 Å². The zero-order chi connectivity index (χ0) is 18.4. The first-order valence-corrected chi connectivity index (χ1v) is 9.17. The molecular formula is C19H21BrClNO3. The second kappa shape index (κ2) is 9.11. The van der Waals surface area contributed by atoms with Crippen LogP contribution in [0.25, 0.3) is 0 Å². The summed E-state index contributed by atoms with van der Waals surface area (Å²) >= 11 is 9.54. The van der Waals surface area contributed by atoms with Gasteiger partial charge in [-0.3, -0.25) is 4.79 Å². The van der Waals surface area contributed by atoms with E-state index in [-0.39, 0.29) is 12.5 Å². The van der Waals surface area contributed by atoms with Gasteiger partial charge in [0.05, 0.1) is 16.6 Å². The SMILES string of the molecule is CCC(C)c1ccc(OCC(=O)Nc2ccc(OC)c(Cl)c2)c(Br)c1. The van der Waals surface area contributed by atoms with Gasteiger partial charge in [-0.1, -0.05) is 31.5 Å². The first-order chi connectivity index (χ1) is 11.9. The van der Waals surface area contributed by atoms with Gasteiger partial charge in [-0.05, 0) is 64.2 Å². The van der Waals surface area contributed by atoms with Crippen LogP contribution >= 0.6 is 27.5 Å². The molecule has 0 radical (unpaired) electrons. The Balaban J connectivity index is 1.95. The Morgan fingerprint density at radius 1 is 1.24 bits per heavy atom. The minimum Gasteiger partial charge on any atom is -0.495 e. The van der Waals surface area contributed by atoms with Crippen molar-refractivity contribution in [3.63, 3.8) is 0 Å². The van der Waals surface area contributed by atoms with Crippen molar-refractivity contribution >= 4 is 39.1 Å². The van der Waals surface area contributed by atoms with Gasteiger partial charge in [-0.15, -0.1) is 0 Å². The van der Waals surface area contributed by atoms with Crippen molar-refractivity contribution in [1.29, 1.82) is 0 Å². The molecule has 1 atom stereocenters. The molecule has 1 amide bonds. The highest BCUT2D eigenvalue weighted by atomic mass is 79.9. The Hall–Kier alpha value is -1.72. The number of halogens is 2. The molecule has 2 aromatic carbocycles. The van der Waals surface area contributed by atoms with Crippen LogP contribution in [0.3, 0.4) is 0 Å². The summed E-state index contributed by atoms with van der Waals surface area (Å²) in [4.78, 5) is 12.1. The van der Waals surface area contributed by atoms with Gasteiger partial charge in [0.1, 0.15) is 11.5 Å². The highest BCUT2D eigenvalue weighted by Gasteiger charge is 2.10. The van der Waals surface area contributed by atoms with Crippen molar-refractivity contribution in [3.8, 4) is 11.5 Å². The smallest absolute Gasteiger partial charge is 0.262 e. The maximum atomic E-state index is 12.1. The van der Waals surface area contributed by atoms with Gasteiger partial charge in [0.25, 0.3) is 5.91 Å². The molecule has 0 aromatic heterocycles. The van der Waals surface area contributed by atoms with Crippen molar-refractivity contribution < 1.29 is 14.3 Å². The third kappa shape index (κ3) is 5.38. The number of anilines is 1. The maximum absolute atomic E-state index is 12.1. The standard InChI is InChI=1S/C19H21BrClNO3/c1-4-12(2)13-5-7-17(15(20)9-13)25-11-19(23)22-14-6-8-18(24-3)16(21)10-14/h5-10,12H,4,11H2,1-3H3,(H,22,23). The molecule has 0 aliphatic heterocycles. The minimum atomic E-state index is -0.265. The van der Waals surface area contributed by atoms with E-state index in [9.17, 15) is 4.79 Å². The van der Waals surface area contributed by atoms with Gasteiger partial charge in [0.15, 0.2) is 6.61 Å². The molecule has 1 N–H and O–H groups in total. The average Bonchev–Trinajstić information content (AvgIpc) is 2.60. The summed E-state index contributed by atoms with van der Waals surface area (Å²) in [5.41, 5.74) is 1.82. The summed E-state index contributed by atoms with van der Waals surface area (Å²) in [5.74, 6) is 1.41. The van der Waals surface area contributed by atoms with Crippen LogP contribution in [0.15, 0.2) is 40.9 Å². The molecule has 25 heavy (non-hydrogen) atoms. The number of hydrogen-bond donors (Lipinski definition) is 1. The van der Waals surface area contributed by atoms with E-state index in [0.717, 1.165) is 10.9 Å². The van der Waals surface area contributed by atoms with Gasteiger partial charge >= 0.3 is 0 Å². The van der Waals surface area contributed by atoms with Crippen molar-refractivity contribution in [3.05, 3.63) is 51.5 Å². The van der Waals surface area contributed by atoms with E-state index in [2.05, 4.69) is 35.1 Å². The number of ether oxygens (including phenoxy) is 2. The summed E-state index contributed by atoms with van der Waals surface area (Å²) in [6, 6.07) is 11.0. The second-order valence-electron chi connectivity index (χ2n) is 5.69. The molecule has 2 rings (SSSR count). The fourth-order valence-electron chi connectivity index (χ4n) is 2.26.